The van der Waals surface area contributed by atoms with E-state index in [0.29, 0.717) is 5.56 Å². The summed E-state index contributed by atoms with van der Waals surface area (Å²) < 4.78 is 19.9. The summed E-state index contributed by atoms with van der Waals surface area (Å²) in [5.41, 5.74) is 7.57. The van der Waals surface area contributed by atoms with Crippen LogP contribution < -0.4 is 10.5 Å². The molecule has 2 atom stereocenters. The molecule has 0 fully saturated rings. The van der Waals surface area contributed by atoms with Crippen LogP contribution >= 0.6 is 0 Å². The Morgan fingerprint density at radius 2 is 1.95 bits per heavy atom. The number of aromatic nitrogens is 1. The van der Waals surface area contributed by atoms with Gasteiger partial charge in [0, 0.05) is 18.4 Å². The van der Waals surface area contributed by atoms with Crippen molar-refractivity contribution < 1.29 is 9.13 Å². The molecule has 0 bridgehead atoms. The zero-order valence-electron chi connectivity index (χ0n) is 11.7. The summed E-state index contributed by atoms with van der Waals surface area (Å²) in [6, 6.07) is 8.58. The smallest absolute Gasteiger partial charge is 0.167 e. The van der Waals surface area contributed by atoms with Crippen molar-refractivity contribution in [3.63, 3.8) is 0 Å². The first-order valence-corrected chi connectivity index (χ1v) is 6.70. The first kappa shape index (κ1) is 14.5. The van der Waals surface area contributed by atoms with Crippen LogP contribution in [0.25, 0.3) is 0 Å². The van der Waals surface area contributed by atoms with Gasteiger partial charge < -0.3 is 10.5 Å². The molecule has 106 valence electrons. The number of pyridine rings is 1. The monoisotopic (exact) mass is 274 g/mol. The quantitative estimate of drug-likeness (QED) is 0.909. The molecule has 1 heterocycles. The van der Waals surface area contributed by atoms with Gasteiger partial charge in [0.15, 0.2) is 11.6 Å². The number of hydrogen-bond donors (Lipinski definition) is 1. The molecule has 20 heavy (non-hydrogen) atoms. The molecule has 2 rings (SSSR count). The third-order valence-corrected chi connectivity index (χ3v) is 3.31. The summed E-state index contributed by atoms with van der Waals surface area (Å²) >= 11 is 0. The van der Waals surface area contributed by atoms with Gasteiger partial charge in [0.2, 0.25) is 0 Å². The van der Waals surface area contributed by atoms with Crippen molar-refractivity contribution in [1.82, 2.24) is 4.98 Å². The molecule has 0 saturated carbocycles. The first-order chi connectivity index (χ1) is 9.63. The summed E-state index contributed by atoms with van der Waals surface area (Å²) in [4.78, 5) is 3.98. The lowest BCUT2D eigenvalue weighted by Crippen LogP contribution is -2.31. The van der Waals surface area contributed by atoms with Gasteiger partial charge in [-0.1, -0.05) is 19.1 Å². The molecule has 4 heteroatoms. The van der Waals surface area contributed by atoms with Crippen LogP contribution in [-0.4, -0.2) is 11.0 Å². The maximum atomic E-state index is 14.1. The van der Waals surface area contributed by atoms with E-state index >= 15 is 0 Å². The van der Waals surface area contributed by atoms with Gasteiger partial charge in [0.25, 0.3) is 0 Å². The Morgan fingerprint density at radius 1 is 1.25 bits per heavy atom. The standard InChI is InChI=1S/C16H19FN2O/c1-3-13(18)16(12-7-9-19-10-8-12)20-14-6-4-5-11(2)15(14)17/h4-10,13,16H,3,18H2,1-2H3. The zero-order chi connectivity index (χ0) is 14.5. The number of nitrogens with two attached hydrogens (primary N) is 1. The van der Waals surface area contributed by atoms with E-state index in [0.717, 1.165) is 12.0 Å². The van der Waals surface area contributed by atoms with Crippen molar-refractivity contribution >= 4 is 0 Å². The third-order valence-electron chi connectivity index (χ3n) is 3.31. The zero-order valence-corrected chi connectivity index (χ0v) is 11.7. The van der Waals surface area contributed by atoms with Crippen LogP contribution in [0.1, 0.15) is 30.6 Å². The number of aryl methyl sites for hydroxylation is 1. The van der Waals surface area contributed by atoms with Crippen LogP contribution in [-0.2, 0) is 0 Å². The van der Waals surface area contributed by atoms with Crippen LogP contribution in [0.3, 0.4) is 0 Å². The van der Waals surface area contributed by atoms with E-state index < -0.39 is 0 Å². The van der Waals surface area contributed by atoms with Gasteiger partial charge in [0.05, 0.1) is 0 Å². The Kier molecular flexibility index (Phi) is 4.69. The van der Waals surface area contributed by atoms with E-state index in [-0.39, 0.29) is 23.7 Å². The fourth-order valence-corrected chi connectivity index (χ4v) is 2.02. The number of benzene rings is 1. The minimum atomic E-state index is -0.390. The maximum Gasteiger partial charge on any atom is 0.167 e. The third kappa shape index (κ3) is 3.14. The Hall–Kier alpha value is -1.94. The molecule has 2 N–H and O–H groups in total. The molecule has 2 unspecified atom stereocenters. The van der Waals surface area contributed by atoms with Crippen LogP contribution in [0.5, 0.6) is 5.75 Å². The minimum Gasteiger partial charge on any atom is -0.481 e. The average molecular weight is 274 g/mol. The van der Waals surface area contributed by atoms with Crippen LogP contribution in [0.4, 0.5) is 4.39 Å². The minimum absolute atomic E-state index is 0.211. The van der Waals surface area contributed by atoms with Crippen LogP contribution in [0, 0.1) is 12.7 Å². The molecule has 0 aliphatic carbocycles. The highest BCUT2D eigenvalue weighted by Gasteiger charge is 2.22. The summed E-state index contributed by atoms with van der Waals surface area (Å²) in [6.07, 6.45) is 3.71. The predicted molar refractivity (Wildman–Crippen MR) is 77.0 cm³/mol. The molecule has 0 aliphatic rings. The number of ether oxygens (including phenoxy) is 1. The van der Waals surface area contributed by atoms with E-state index in [2.05, 4.69) is 4.98 Å². The molecular weight excluding hydrogens is 255 g/mol. The van der Waals surface area contributed by atoms with E-state index in [1.165, 1.54) is 0 Å². The van der Waals surface area contributed by atoms with Crippen molar-refractivity contribution in [2.24, 2.45) is 5.73 Å². The topological polar surface area (TPSA) is 48.1 Å². The summed E-state index contributed by atoms with van der Waals surface area (Å²) in [5, 5.41) is 0. The normalized spacial score (nSPS) is 13.8. The second-order valence-corrected chi connectivity index (χ2v) is 4.78. The molecule has 0 aliphatic heterocycles. The van der Waals surface area contributed by atoms with E-state index in [1.54, 1.807) is 37.5 Å². The van der Waals surface area contributed by atoms with Crippen LogP contribution in [0.2, 0.25) is 0 Å². The van der Waals surface area contributed by atoms with Gasteiger partial charge in [-0.3, -0.25) is 4.98 Å². The summed E-state index contributed by atoms with van der Waals surface area (Å²) in [7, 11) is 0. The Labute approximate surface area is 118 Å². The highest BCUT2D eigenvalue weighted by molar-refractivity contribution is 5.31. The van der Waals surface area contributed by atoms with Crippen LogP contribution in [0.15, 0.2) is 42.7 Å². The van der Waals surface area contributed by atoms with E-state index in [4.69, 9.17) is 10.5 Å². The van der Waals surface area contributed by atoms with Gasteiger partial charge >= 0.3 is 0 Å². The lowest BCUT2D eigenvalue weighted by molar-refractivity contribution is 0.163. The van der Waals surface area contributed by atoms with E-state index in [1.807, 2.05) is 19.1 Å². The number of rotatable bonds is 5. The SMILES string of the molecule is CCC(N)C(Oc1cccc(C)c1F)c1ccncc1. The van der Waals surface area contributed by atoms with Gasteiger partial charge in [-0.25, -0.2) is 4.39 Å². The molecule has 0 radical (unpaired) electrons. The molecule has 0 spiro atoms. The molecule has 1 aromatic heterocycles. The highest BCUT2D eigenvalue weighted by Crippen LogP contribution is 2.28. The average Bonchev–Trinajstić information content (AvgIpc) is 2.49. The second kappa shape index (κ2) is 6.48. The summed E-state index contributed by atoms with van der Waals surface area (Å²) in [6.45, 7) is 3.69. The molecular formula is C16H19FN2O. The fourth-order valence-electron chi connectivity index (χ4n) is 2.02. The second-order valence-electron chi connectivity index (χ2n) is 4.78. The van der Waals surface area contributed by atoms with Gasteiger partial charge in [-0.15, -0.1) is 0 Å². The van der Waals surface area contributed by atoms with Gasteiger partial charge in [-0.05, 0) is 42.7 Å². The summed E-state index contributed by atoms with van der Waals surface area (Å²) in [5.74, 6) is -0.106. The largest absolute Gasteiger partial charge is 0.481 e. The highest BCUT2D eigenvalue weighted by atomic mass is 19.1. The maximum absolute atomic E-state index is 14.1. The van der Waals surface area contributed by atoms with Crippen molar-refractivity contribution in [2.75, 3.05) is 0 Å². The molecule has 0 amide bonds. The fraction of sp³-hybridized carbons (Fsp3) is 0.312. The number of halogens is 1. The first-order valence-electron chi connectivity index (χ1n) is 6.70. The van der Waals surface area contributed by atoms with Gasteiger partial charge in [0.1, 0.15) is 6.10 Å². The van der Waals surface area contributed by atoms with Gasteiger partial charge in [-0.2, -0.15) is 0 Å². The number of hydrogen-bond acceptors (Lipinski definition) is 3. The molecule has 2 aromatic rings. The lowest BCUT2D eigenvalue weighted by Gasteiger charge is -2.25. The molecule has 0 saturated heterocycles. The van der Waals surface area contributed by atoms with Crippen molar-refractivity contribution in [1.29, 1.82) is 0 Å². The Morgan fingerprint density at radius 3 is 2.60 bits per heavy atom. The molecule has 1 aromatic carbocycles. The Balaban J connectivity index is 2.31. The number of nitrogens with zero attached hydrogens (tertiary/aromatic N) is 1. The van der Waals surface area contributed by atoms with E-state index in [9.17, 15) is 4.39 Å². The molecule has 3 nitrogen and oxygen atoms in total. The lowest BCUT2D eigenvalue weighted by atomic mass is 10.0. The Bertz CT molecular complexity index is 560. The van der Waals surface area contributed by atoms with Crippen molar-refractivity contribution in [3.8, 4) is 5.75 Å². The van der Waals surface area contributed by atoms with Crippen molar-refractivity contribution in [3.05, 3.63) is 59.7 Å². The van der Waals surface area contributed by atoms with Crippen molar-refractivity contribution in [2.45, 2.75) is 32.4 Å². The predicted octanol–water partition coefficient (Wildman–Crippen LogP) is 3.39.